The standard InChI is InChI=1S/C23H26N4O7/c1-31-11-10-24-21(28)20-22(29)26(14-15-6-5-7-17(12-15)32-2)23(30)27(25-20)16-8-9-18(33-3)19(13-16)34-4/h5-9,12-13H,10-11,14H2,1-4H3,(H,24,28). The monoisotopic (exact) mass is 470 g/mol. The van der Waals surface area contributed by atoms with Gasteiger partial charge in [-0.15, -0.1) is 0 Å². The van der Waals surface area contributed by atoms with E-state index in [1.807, 2.05) is 0 Å². The summed E-state index contributed by atoms with van der Waals surface area (Å²) >= 11 is 0. The smallest absolute Gasteiger partial charge is 0.352 e. The van der Waals surface area contributed by atoms with Gasteiger partial charge < -0.3 is 24.3 Å². The summed E-state index contributed by atoms with van der Waals surface area (Å²) in [6.07, 6.45) is 0. The zero-order chi connectivity index (χ0) is 24.7. The predicted octanol–water partition coefficient (Wildman–Crippen LogP) is 0.844. The molecule has 1 N–H and O–H groups in total. The first-order valence-corrected chi connectivity index (χ1v) is 10.3. The summed E-state index contributed by atoms with van der Waals surface area (Å²) in [5.74, 6) is 0.639. The summed E-state index contributed by atoms with van der Waals surface area (Å²) in [6, 6.07) is 11.6. The number of ether oxygens (including phenoxy) is 4. The molecule has 180 valence electrons. The lowest BCUT2D eigenvalue weighted by Crippen LogP contribution is -2.46. The van der Waals surface area contributed by atoms with E-state index >= 15 is 0 Å². The molecule has 0 unspecified atom stereocenters. The van der Waals surface area contributed by atoms with E-state index in [2.05, 4.69) is 10.4 Å². The lowest BCUT2D eigenvalue weighted by molar-refractivity contribution is 0.0927. The van der Waals surface area contributed by atoms with Crippen molar-refractivity contribution in [3.05, 3.63) is 74.6 Å². The van der Waals surface area contributed by atoms with Gasteiger partial charge in [0.05, 0.1) is 40.2 Å². The van der Waals surface area contributed by atoms with Crippen LogP contribution >= 0.6 is 0 Å². The van der Waals surface area contributed by atoms with Crippen molar-refractivity contribution in [3.63, 3.8) is 0 Å². The number of hydrogen-bond donors (Lipinski definition) is 1. The molecule has 2 aromatic carbocycles. The third-order valence-corrected chi connectivity index (χ3v) is 4.95. The summed E-state index contributed by atoms with van der Waals surface area (Å²) in [5, 5.41) is 6.65. The van der Waals surface area contributed by atoms with E-state index in [9.17, 15) is 14.4 Å². The Morgan fingerprint density at radius 1 is 0.971 bits per heavy atom. The third-order valence-electron chi connectivity index (χ3n) is 4.95. The molecule has 0 aliphatic rings. The first-order chi connectivity index (χ1) is 16.4. The van der Waals surface area contributed by atoms with Crippen LogP contribution in [0.3, 0.4) is 0 Å². The molecule has 3 aromatic rings. The molecule has 11 heteroatoms. The Balaban J connectivity index is 2.17. The number of carbonyl (C=O) groups excluding carboxylic acids is 1. The maximum atomic E-state index is 13.3. The Kier molecular flexibility index (Phi) is 8.04. The molecule has 11 nitrogen and oxygen atoms in total. The number of hydrogen-bond acceptors (Lipinski definition) is 8. The summed E-state index contributed by atoms with van der Waals surface area (Å²) in [6.45, 7) is 0.323. The summed E-state index contributed by atoms with van der Waals surface area (Å²) in [7, 11) is 5.95. The number of methoxy groups -OCH3 is 4. The quantitative estimate of drug-likeness (QED) is 0.433. The van der Waals surface area contributed by atoms with E-state index in [1.54, 1.807) is 36.4 Å². The number of benzene rings is 2. The van der Waals surface area contributed by atoms with Crippen LogP contribution in [0.4, 0.5) is 0 Å². The number of carbonyl (C=O) groups is 1. The maximum Gasteiger partial charge on any atom is 0.352 e. The van der Waals surface area contributed by atoms with Crippen LogP contribution in [0.25, 0.3) is 5.69 Å². The lowest BCUT2D eigenvalue weighted by atomic mass is 10.2. The number of rotatable bonds is 10. The summed E-state index contributed by atoms with van der Waals surface area (Å²) < 4.78 is 22.6. The van der Waals surface area contributed by atoms with Crippen molar-refractivity contribution in [1.82, 2.24) is 19.7 Å². The highest BCUT2D eigenvalue weighted by atomic mass is 16.5. The Morgan fingerprint density at radius 3 is 2.41 bits per heavy atom. The molecule has 34 heavy (non-hydrogen) atoms. The number of nitrogens with zero attached hydrogens (tertiary/aromatic N) is 3. The fraction of sp³-hybridized carbons (Fsp3) is 0.304. The average Bonchev–Trinajstić information content (AvgIpc) is 2.86. The molecular weight excluding hydrogens is 444 g/mol. The fourth-order valence-electron chi connectivity index (χ4n) is 3.23. The van der Waals surface area contributed by atoms with Crippen LogP contribution in [0.2, 0.25) is 0 Å². The van der Waals surface area contributed by atoms with Crippen molar-refractivity contribution in [2.45, 2.75) is 6.54 Å². The average molecular weight is 470 g/mol. The topological polar surface area (TPSA) is 123 Å². The molecule has 0 saturated heterocycles. The van der Waals surface area contributed by atoms with E-state index < -0.39 is 22.9 Å². The molecular formula is C23H26N4O7. The first kappa shape index (κ1) is 24.5. The zero-order valence-corrected chi connectivity index (χ0v) is 19.4. The van der Waals surface area contributed by atoms with E-state index in [4.69, 9.17) is 18.9 Å². The van der Waals surface area contributed by atoms with E-state index in [1.165, 1.54) is 34.5 Å². The normalized spacial score (nSPS) is 10.6. The molecule has 1 aromatic heterocycles. The van der Waals surface area contributed by atoms with Crippen LogP contribution < -0.4 is 30.8 Å². The molecule has 1 amide bonds. The Bertz CT molecular complexity index is 1280. The van der Waals surface area contributed by atoms with Crippen LogP contribution in [0.5, 0.6) is 17.2 Å². The minimum atomic E-state index is -0.820. The van der Waals surface area contributed by atoms with Crippen molar-refractivity contribution in [1.29, 1.82) is 0 Å². The van der Waals surface area contributed by atoms with Crippen molar-refractivity contribution in [2.24, 2.45) is 0 Å². The highest BCUT2D eigenvalue weighted by Crippen LogP contribution is 2.28. The van der Waals surface area contributed by atoms with Gasteiger partial charge in [0.1, 0.15) is 5.75 Å². The first-order valence-electron chi connectivity index (χ1n) is 10.3. The van der Waals surface area contributed by atoms with Crippen molar-refractivity contribution >= 4 is 5.91 Å². The number of amides is 1. The van der Waals surface area contributed by atoms with Gasteiger partial charge in [0.25, 0.3) is 11.5 Å². The van der Waals surface area contributed by atoms with Crippen LogP contribution in [0.15, 0.2) is 52.1 Å². The number of aromatic nitrogens is 3. The zero-order valence-electron chi connectivity index (χ0n) is 19.4. The van der Waals surface area contributed by atoms with Gasteiger partial charge in [-0.05, 0) is 29.8 Å². The van der Waals surface area contributed by atoms with Gasteiger partial charge in [-0.25, -0.2) is 4.79 Å². The minimum absolute atomic E-state index is 0.0942. The number of nitrogens with one attached hydrogen (secondary N) is 1. The Labute approximate surface area is 195 Å². The van der Waals surface area contributed by atoms with Crippen molar-refractivity contribution < 1.29 is 23.7 Å². The molecule has 0 aliphatic carbocycles. The molecule has 0 aliphatic heterocycles. The van der Waals surface area contributed by atoms with Gasteiger partial charge in [0.2, 0.25) is 5.69 Å². The van der Waals surface area contributed by atoms with Crippen molar-refractivity contribution in [2.75, 3.05) is 41.6 Å². The van der Waals surface area contributed by atoms with Crippen LogP contribution in [0, 0.1) is 0 Å². The minimum Gasteiger partial charge on any atom is -0.497 e. The summed E-state index contributed by atoms with van der Waals surface area (Å²) in [4.78, 5) is 39.2. The molecule has 0 spiro atoms. The highest BCUT2D eigenvalue weighted by Gasteiger charge is 2.21. The van der Waals surface area contributed by atoms with Gasteiger partial charge in [-0.3, -0.25) is 14.2 Å². The van der Waals surface area contributed by atoms with Crippen molar-refractivity contribution in [3.8, 4) is 22.9 Å². The summed E-state index contributed by atoms with van der Waals surface area (Å²) in [5.41, 5.74) is -1.07. The van der Waals surface area contributed by atoms with Crippen LogP contribution in [0.1, 0.15) is 16.1 Å². The highest BCUT2D eigenvalue weighted by molar-refractivity contribution is 5.91. The van der Waals surface area contributed by atoms with Gasteiger partial charge in [0, 0.05) is 19.7 Å². The van der Waals surface area contributed by atoms with Crippen LogP contribution in [-0.4, -0.2) is 61.8 Å². The van der Waals surface area contributed by atoms with Gasteiger partial charge in [-0.2, -0.15) is 9.78 Å². The Morgan fingerprint density at radius 2 is 1.74 bits per heavy atom. The van der Waals surface area contributed by atoms with E-state index in [0.29, 0.717) is 22.8 Å². The van der Waals surface area contributed by atoms with Gasteiger partial charge >= 0.3 is 5.69 Å². The van der Waals surface area contributed by atoms with E-state index in [-0.39, 0.29) is 25.4 Å². The van der Waals surface area contributed by atoms with E-state index in [0.717, 1.165) is 9.25 Å². The molecule has 1 heterocycles. The van der Waals surface area contributed by atoms with Crippen LogP contribution in [-0.2, 0) is 11.3 Å². The predicted molar refractivity (Wildman–Crippen MR) is 124 cm³/mol. The molecule has 0 fully saturated rings. The second-order valence-electron chi connectivity index (χ2n) is 7.07. The molecule has 3 rings (SSSR count). The second kappa shape index (κ2) is 11.1. The second-order valence-corrected chi connectivity index (χ2v) is 7.07. The molecule has 0 saturated carbocycles. The SMILES string of the molecule is COCCNC(=O)c1nn(-c2ccc(OC)c(OC)c2)c(=O)n(Cc2cccc(OC)c2)c1=O. The third kappa shape index (κ3) is 5.26. The van der Waals surface area contributed by atoms with Gasteiger partial charge in [0.15, 0.2) is 11.5 Å². The molecule has 0 radical (unpaired) electrons. The van der Waals surface area contributed by atoms with Gasteiger partial charge in [-0.1, -0.05) is 12.1 Å². The Hall–Kier alpha value is -4.12. The fourth-order valence-corrected chi connectivity index (χ4v) is 3.23. The largest absolute Gasteiger partial charge is 0.497 e. The lowest BCUT2D eigenvalue weighted by Gasteiger charge is -2.14. The molecule has 0 bridgehead atoms. The maximum absolute atomic E-state index is 13.3. The molecule has 0 atom stereocenters.